The molecule has 0 aliphatic rings. The zero-order valence-corrected chi connectivity index (χ0v) is 8.45. The average molecular weight is 187 g/mol. The summed E-state index contributed by atoms with van der Waals surface area (Å²) >= 11 is 0. The molecule has 0 aromatic rings. The van der Waals surface area contributed by atoms with E-state index in [9.17, 15) is 4.91 Å². The number of nitrogens with zero attached hydrogens (tertiary/aromatic N) is 1. The summed E-state index contributed by atoms with van der Waals surface area (Å²) in [6.45, 7) is 2.85. The summed E-state index contributed by atoms with van der Waals surface area (Å²) in [5.41, 5.74) is 1.04. The van der Waals surface area contributed by atoms with E-state index in [4.69, 9.17) is 9.47 Å². The van der Waals surface area contributed by atoms with Gasteiger partial charge in [-0.05, 0) is 17.9 Å². The van der Waals surface area contributed by atoms with E-state index >= 15 is 0 Å². The quantitative estimate of drug-likeness (QED) is 0.452. The van der Waals surface area contributed by atoms with Crippen LogP contribution < -0.4 is 0 Å². The van der Waals surface area contributed by atoms with Crippen LogP contribution in [0.1, 0.15) is 13.3 Å². The van der Waals surface area contributed by atoms with Crippen molar-refractivity contribution in [1.82, 2.24) is 0 Å². The van der Waals surface area contributed by atoms with Crippen LogP contribution in [0.2, 0.25) is 0 Å². The molecule has 13 heavy (non-hydrogen) atoms. The van der Waals surface area contributed by atoms with Crippen LogP contribution in [0.5, 0.6) is 0 Å². The van der Waals surface area contributed by atoms with Gasteiger partial charge >= 0.3 is 0 Å². The second kappa shape index (κ2) is 7.73. The van der Waals surface area contributed by atoms with Gasteiger partial charge in [-0.1, -0.05) is 12.1 Å². The number of methoxy groups -OCH3 is 2. The molecule has 0 aliphatic heterocycles. The minimum Gasteiger partial charge on any atom is -0.504 e. The van der Waals surface area contributed by atoms with Crippen molar-refractivity contribution in [1.29, 1.82) is 0 Å². The second-order valence-corrected chi connectivity index (χ2v) is 3.07. The summed E-state index contributed by atoms with van der Waals surface area (Å²) in [7, 11) is 3.23. The molecule has 0 unspecified atom stereocenters. The first-order valence-electron chi connectivity index (χ1n) is 4.23. The predicted molar refractivity (Wildman–Crippen MR) is 51.4 cm³/mol. The van der Waals surface area contributed by atoms with E-state index in [0.29, 0.717) is 13.2 Å². The monoisotopic (exact) mass is 187 g/mol. The van der Waals surface area contributed by atoms with Gasteiger partial charge in [-0.15, -0.1) is 0 Å². The molecule has 4 heteroatoms. The van der Waals surface area contributed by atoms with Crippen LogP contribution in [0.3, 0.4) is 0 Å². The van der Waals surface area contributed by atoms with Gasteiger partial charge in [0.25, 0.3) is 0 Å². The van der Waals surface area contributed by atoms with Crippen LogP contribution in [0.15, 0.2) is 17.0 Å². The summed E-state index contributed by atoms with van der Waals surface area (Å²) in [5.74, 6) is 0.244. The largest absolute Gasteiger partial charge is 0.504 e. The molecule has 0 spiro atoms. The van der Waals surface area contributed by atoms with Crippen molar-refractivity contribution >= 4 is 0 Å². The maximum Gasteiger partial charge on any atom is 0.0839 e. The second-order valence-electron chi connectivity index (χ2n) is 3.07. The molecule has 0 aromatic carbocycles. The highest BCUT2D eigenvalue weighted by atomic mass is 16.5. The third-order valence-electron chi connectivity index (χ3n) is 1.61. The first-order chi connectivity index (χ1) is 6.24. The summed E-state index contributed by atoms with van der Waals surface area (Å²) < 4.78 is 9.86. The maximum absolute atomic E-state index is 9.98. The first kappa shape index (κ1) is 12.1. The lowest BCUT2D eigenvalue weighted by Crippen LogP contribution is -2.04. The van der Waals surface area contributed by atoms with Gasteiger partial charge in [-0.25, -0.2) is 0 Å². The van der Waals surface area contributed by atoms with E-state index in [1.807, 2.05) is 6.92 Å². The molecule has 0 aliphatic carbocycles. The molecule has 0 aromatic heterocycles. The maximum atomic E-state index is 9.98. The van der Waals surface area contributed by atoms with Gasteiger partial charge in [0.2, 0.25) is 0 Å². The lowest BCUT2D eigenvalue weighted by molar-refractivity contribution is 0.214. The Bertz CT molecular complexity index is 168. The van der Waals surface area contributed by atoms with Gasteiger partial charge in [-0.3, -0.25) is 0 Å². The lowest BCUT2D eigenvalue weighted by Gasteiger charge is -2.09. The van der Waals surface area contributed by atoms with Crippen LogP contribution in [-0.2, 0) is 9.47 Å². The van der Waals surface area contributed by atoms with Crippen LogP contribution in [0.25, 0.3) is 0 Å². The molecule has 0 N–H and O–H groups in total. The van der Waals surface area contributed by atoms with Gasteiger partial charge in [0.05, 0.1) is 26.5 Å². The smallest absolute Gasteiger partial charge is 0.0839 e. The molecule has 76 valence electrons. The molecule has 0 fully saturated rings. The van der Waals surface area contributed by atoms with Gasteiger partial charge in [-0.2, -0.15) is 4.91 Å². The molecule has 1 atom stereocenters. The fourth-order valence-electron chi connectivity index (χ4n) is 1.13. The molecular weight excluding hydrogens is 170 g/mol. The van der Waals surface area contributed by atoms with E-state index < -0.39 is 0 Å². The van der Waals surface area contributed by atoms with Gasteiger partial charge in [0.15, 0.2) is 0 Å². The number of hydrogen-bond acceptors (Lipinski definition) is 4. The van der Waals surface area contributed by atoms with Crippen LogP contribution in [-0.4, -0.2) is 27.4 Å². The number of ether oxygens (including phenoxy) is 2. The van der Waals surface area contributed by atoms with Crippen molar-refractivity contribution in [2.24, 2.45) is 11.1 Å². The molecular formula is C9H17NO3. The predicted octanol–water partition coefficient (Wildman–Crippen LogP) is 1.96. The van der Waals surface area contributed by atoms with E-state index in [0.717, 1.165) is 12.0 Å². The highest BCUT2D eigenvalue weighted by Crippen LogP contribution is 2.12. The number of hydrogen-bond donors (Lipinski definition) is 0. The van der Waals surface area contributed by atoms with Gasteiger partial charge < -0.3 is 9.47 Å². The SMILES string of the molecule is CO/C=C(\COC)C[C@H](C)CN=O. The van der Waals surface area contributed by atoms with Crippen LogP contribution in [0, 0.1) is 10.8 Å². The zero-order chi connectivity index (χ0) is 10.1. The van der Waals surface area contributed by atoms with Crippen molar-refractivity contribution in [3.63, 3.8) is 0 Å². The third-order valence-corrected chi connectivity index (χ3v) is 1.61. The van der Waals surface area contributed by atoms with E-state index in [-0.39, 0.29) is 5.92 Å². The van der Waals surface area contributed by atoms with Gasteiger partial charge in [0, 0.05) is 7.11 Å². The summed E-state index contributed by atoms with van der Waals surface area (Å²) in [6.07, 6.45) is 2.44. The fraction of sp³-hybridized carbons (Fsp3) is 0.778. The average Bonchev–Trinajstić information content (AvgIpc) is 2.05. The highest BCUT2D eigenvalue weighted by Gasteiger charge is 2.06. The summed E-state index contributed by atoms with van der Waals surface area (Å²) in [4.78, 5) is 9.98. The molecule has 0 rings (SSSR count). The van der Waals surface area contributed by atoms with Crippen molar-refractivity contribution < 1.29 is 9.47 Å². The Morgan fingerprint density at radius 3 is 2.69 bits per heavy atom. The van der Waals surface area contributed by atoms with Crippen LogP contribution >= 0.6 is 0 Å². The molecule has 0 bridgehead atoms. The molecule has 4 nitrogen and oxygen atoms in total. The first-order valence-corrected chi connectivity index (χ1v) is 4.23. The number of rotatable bonds is 7. The third kappa shape index (κ3) is 6.28. The fourth-order valence-corrected chi connectivity index (χ4v) is 1.13. The topological polar surface area (TPSA) is 47.9 Å². The Labute approximate surface area is 78.9 Å². The Balaban J connectivity index is 3.93. The van der Waals surface area contributed by atoms with Crippen molar-refractivity contribution in [3.05, 3.63) is 16.7 Å². The van der Waals surface area contributed by atoms with E-state index in [1.165, 1.54) is 0 Å². The summed E-state index contributed by atoms with van der Waals surface area (Å²) in [5, 5.41) is 2.85. The van der Waals surface area contributed by atoms with E-state index in [2.05, 4.69) is 5.18 Å². The minimum atomic E-state index is 0.244. The van der Waals surface area contributed by atoms with Crippen molar-refractivity contribution in [2.75, 3.05) is 27.4 Å². The lowest BCUT2D eigenvalue weighted by atomic mass is 10.0. The Morgan fingerprint density at radius 1 is 1.54 bits per heavy atom. The van der Waals surface area contributed by atoms with Gasteiger partial charge in [0.1, 0.15) is 0 Å². The Hall–Kier alpha value is -0.900. The zero-order valence-electron chi connectivity index (χ0n) is 8.45. The highest BCUT2D eigenvalue weighted by molar-refractivity contribution is 4.99. The molecule has 0 saturated carbocycles. The van der Waals surface area contributed by atoms with Crippen LogP contribution in [0.4, 0.5) is 0 Å². The Kier molecular flexibility index (Phi) is 7.20. The molecule has 0 amide bonds. The number of nitroso groups, excluding NO2 is 1. The Morgan fingerprint density at radius 2 is 2.23 bits per heavy atom. The molecule has 0 saturated heterocycles. The van der Waals surface area contributed by atoms with Crippen molar-refractivity contribution in [3.8, 4) is 0 Å². The normalized spacial score (nSPS) is 13.9. The molecule has 0 heterocycles. The standard InChI is InChI=1S/C9H17NO3/c1-8(5-10-11)4-9(6-12-2)7-13-3/h6,8H,4-5,7H2,1-3H3/b9-6-/t8-/m0/s1. The van der Waals surface area contributed by atoms with E-state index in [1.54, 1.807) is 20.5 Å². The minimum absolute atomic E-state index is 0.244. The van der Waals surface area contributed by atoms with Crippen molar-refractivity contribution in [2.45, 2.75) is 13.3 Å². The summed E-state index contributed by atoms with van der Waals surface area (Å²) in [6, 6.07) is 0. The molecule has 0 radical (unpaired) electrons.